The number of nitrogens with zero attached hydrogens (tertiary/aromatic N) is 2. The maximum atomic E-state index is 12.0. The molecule has 0 unspecified atom stereocenters. The number of ether oxygens (including phenoxy) is 1. The van der Waals surface area contributed by atoms with Crippen molar-refractivity contribution in [2.24, 2.45) is 5.92 Å². The summed E-state index contributed by atoms with van der Waals surface area (Å²) in [7, 11) is 0. The number of amides is 1. The van der Waals surface area contributed by atoms with E-state index in [-0.39, 0.29) is 6.09 Å². The van der Waals surface area contributed by atoms with E-state index in [1.165, 1.54) is 0 Å². The number of aromatic nitrogens is 2. The second-order valence-electron chi connectivity index (χ2n) is 6.94. The maximum Gasteiger partial charge on any atom is 0.410 e. The fourth-order valence-electron chi connectivity index (χ4n) is 2.60. The molecule has 0 aliphatic carbocycles. The average molecular weight is 308 g/mol. The lowest BCUT2D eigenvalue weighted by molar-refractivity contribution is 0.0184. The molecule has 1 aliphatic heterocycles. The molecule has 1 aliphatic rings. The van der Waals surface area contributed by atoms with E-state index in [0.717, 1.165) is 51.1 Å². The maximum absolute atomic E-state index is 12.0. The standard InChI is InChI=1S/C16H28N4O2/c1-16(2,3)22-15(21)20-8-5-13(6-9-20)10-17-7-4-14-11-18-12-19-14/h11-13,17H,4-10H2,1-3H3,(H,18,19). The molecule has 2 rings (SSSR count). The van der Waals surface area contributed by atoms with Gasteiger partial charge in [0.15, 0.2) is 0 Å². The third-order valence-corrected chi connectivity index (χ3v) is 3.83. The Morgan fingerprint density at radius 1 is 1.45 bits per heavy atom. The van der Waals surface area contributed by atoms with Crippen molar-refractivity contribution in [3.05, 3.63) is 18.2 Å². The number of likely N-dealkylation sites (tertiary alicyclic amines) is 1. The largest absolute Gasteiger partial charge is 0.444 e. The first-order valence-corrected chi connectivity index (χ1v) is 8.10. The minimum atomic E-state index is -0.415. The summed E-state index contributed by atoms with van der Waals surface area (Å²) in [6.45, 7) is 9.26. The van der Waals surface area contributed by atoms with Gasteiger partial charge in [-0.2, -0.15) is 0 Å². The Labute approximate surface area is 132 Å². The van der Waals surface area contributed by atoms with Gasteiger partial charge in [-0.15, -0.1) is 0 Å². The summed E-state index contributed by atoms with van der Waals surface area (Å²) in [5, 5.41) is 3.49. The number of carbonyl (C=O) groups is 1. The molecule has 0 aromatic carbocycles. The number of imidazole rings is 1. The molecule has 0 atom stereocenters. The van der Waals surface area contributed by atoms with Gasteiger partial charge in [0.1, 0.15) is 5.60 Å². The number of hydrogen-bond acceptors (Lipinski definition) is 4. The second-order valence-corrected chi connectivity index (χ2v) is 6.94. The second kappa shape index (κ2) is 7.63. The molecular weight excluding hydrogens is 280 g/mol. The molecule has 1 aromatic heterocycles. The van der Waals surface area contributed by atoms with Crippen molar-refractivity contribution in [3.63, 3.8) is 0 Å². The predicted molar refractivity (Wildman–Crippen MR) is 85.7 cm³/mol. The van der Waals surface area contributed by atoms with Crippen molar-refractivity contribution in [2.75, 3.05) is 26.2 Å². The van der Waals surface area contributed by atoms with Gasteiger partial charge in [0.05, 0.1) is 6.33 Å². The highest BCUT2D eigenvalue weighted by Crippen LogP contribution is 2.19. The fraction of sp³-hybridized carbons (Fsp3) is 0.750. The number of piperidine rings is 1. The quantitative estimate of drug-likeness (QED) is 0.818. The molecule has 22 heavy (non-hydrogen) atoms. The van der Waals surface area contributed by atoms with E-state index >= 15 is 0 Å². The molecule has 0 spiro atoms. The first-order chi connectivity index (χ1) is 10.4. The smallest absolute Gasteiger partial charge is 0.410 e. The summed E-state index contributed by atoms with van der Waals surface area (Å²) in [5.41, 5.74) is 0.745. The van der Waals surface area contributed by atoms with Gasteiger partial charge in [0, 0.05) is 37.9 Å². The van der Waals surface area contributed by atoms with Crippen LogP contribution in [-0.2, 0) is 11.2 Å². The highest BCUT2D eigenvalue weighted by atomic mass is 16.6. The molecule has 2 heterocycles. The van der Waals surface area contributed by atoms with E-state index in [0.29, 0.717) is 5.92 Å². The normalized spacial score (nSPS) is 16.8. The van der Waals surface area contributed by atoms with E-state index in [2.05, 4.69) is 15.3 Å². The monoisotopic (exact) mass is 308 g/mol. The Hall–Kier alpha value is -1.56. The molecule has 124 valence electrons. The number of aromatic amines is 1. The van der Waals surface area contributed by atoms with Crippen LogP contribution in [0.3, 0.4) is 0 Å². The molecule has 0 radical (unpaired) electrons. The Balaban J connectivity index is 1.59. The van der Waals surface area contributed by atoms with Crippen LogP contribution in [0.15, 0.2) is 12.5 Å². The highest BCUT2D eigenvalue weighted by molar-refractivity contribution is 5.68. The number of nitrogens with one attached hydrogen (secondary N) is 2. The van der Waals surface area contributed by atoms with Crippen molar-refractivity contribution in [2.45, 2.75) is 45.6 Å². The van der Waals surface area contributed by atoms with Crippen LogP contribution >= 0.6 is 0 Å². The van der Waals surface area contributed by atoms with Crippen molar-refractivity contribution < 1.29 is 9.53 Å². The molecule has 0 bridgehead atoms. The summed E-state index contributed by atoms with van der Waals surface area (Å²) in [6, 6.07) is 0. The van der Waals surface area contributed by atoms with Gasteiger partial charge in [0.25, 0.3) is 0 Å². The molecule has 1 saturated heterocycles. The van der Waals surface area contributed by atoms with Crippen molar-refractivity contribution >= 4 is 6.09 Å². The van der Waals surface area contributed by atoms with Gasteiger partial charge in [-0.05, 0) is 46.1 Å². The zero-order valence-corrected chi connectivity index (χ0v) is 13.9. The van der Waals surface area contributed by atoms with Crippen LogP contribution in [0, 0.1) is 5.92 Å². The fourth-order valence-corrected chi connectivity index (χ4v) is 2.60. The SMILES string of the molecule is CC(C)(C)OC(=O)N1CCC(CNCCc2cnc[nH]2)CC1. The van der Waals surface area contributed by atoms with Crippen molar-refractivity contribution in [1.29, 1.82) is 0 Å². The highest BCUT2D eigenvalue weighted by Gasteiger charge is 2.26. The van der Waals surface area contributed by atoms with Crippen LogP contribution in [0.5, 0.6) is 0 Å². The number of hydrogen-bond donors (Lipinski definition) is 2. The zero-order chi connectivity index (χ0) is 16.0. The summed E-state index contributed by atoms with van der Waals surface area (Å²) in [4.78, 5) is 20.9. The topological polar surface area (TPSA) is 70.2 Å². The van der Waals surface area contributed by atoms with Gasteiger partial charge in [-0.3, -0.25) is 0 Å². The molecule has 0 saturated carbocycles. The third-order valence-electron chi connectivity index (χ3n) is 3.83. The Bertz CT molecular complexity index is 445. The number of carbonyl (C=O) groups excluding carboxylic acids is 1. The van der Waals surface area contributed by atoms with Crippen LogP contribution in [-0.4, -0.2) is 52.7 Å². The van der Waals surface area contributed by atoms with E-state index in [1.54, 1.807) is 6.33 Å². The van der Waals surface area contributed by atoms with Gasteiger partial charge >= 0.3 is 6.09 Å². The molecule has 1 fully saturated rings. The minimum absolute atomic E-state index is 0.182. The number of H-pyrrole nitrogens is 1. The van der Waals surface area contributed by atoms with E-state index in [4.69, 9.17) is 4.74 Å². The van der Waals surface area contributed by atoms with Crippen molar-refractivity contribution in [1.82, 2.24) is 20.2 Å². The van der Waals surface area contributed by atoms with Crippen LogP contribution in [0.2, 0.25) is 0 Å². The molecule has 6 heteroatoms. The summed E-state index contributed by atoms with van der Waals surface area (Å²) in [5.74, 6) is 0.639. The molecule has 1 amide bonds. The molecule has 1 aromatic rings. The van der Waals surface area contributed by atoms with Crippen LogP contribution in [0.25, 0.3) is 0 Å². The van der Waals surface area contributed by atoms with Crippen LogP contribution in [0.1, 0.15) is 39.3 Å². The Morgan fingerprint density at radius 3 is 2.77 bits per heavy atom. The average Bonchev–Trinajstić information content (AvgIpc) is 2.95. The first-order valence-electron chi connectivity index (χ1n) is 8.10. The van der Waals surface area contributed by atoms with Crippen molar-refractivity contribution in [3.8, 4) is 0 Å². The lowest BCUT2D eigenvalue weighted by Gasteiger charge is -2.33. The third kappa shape index (κ3) is 5.67. The lowest BCUT2D eigenvalue weighted by atomic mass is 9.97. The van der Waals surface area contributed by atoms with Gasteiger partial charge in [0.2, 0.25) is 0 Å². The van der Waals surface area contributed by atoms with Gasteiger partial charge in [-0.1, -0.05) is 0 Å². The van der Waals surface area contributed by atoms with Gasteiger partial charge < -0.3 is 19.9 Å². The van der Waals surface area contributed by atoms with Crippen LogP contribution < -0.4 is 5.32 Å². The van der Waals surface area contributed by atoms with E-state index in [1.807, 2.05) is 31.9 Å². The molecular formula is C16H28N4O2. The Morgan fingerprint density at radius 2 is 2.18 bits per heavy atom. The summed E-state index contributed by atoms with van der Waals surface area (Å²) in [6.07, 6.45) is 6.43. The first kappa shape index (κ1) is 16.8. The summed E-state index contributed by atoms with van der Waals surface area (Å²) >= 11 is 0. The molecule has 2 N–H and O–H groups in total. The predicted octanol–water partition coefficient (Wildman–Crippen LogP) is 2.19. The minimum Gasteiger partial charge on any atom is -0.444 e. The van der Waals surface area contributed by atoms with Crippen LogP contribution in [0.4, 0.5) is 4.79 Å². The summed E-state index contributed by atoms with van der Waals surface area (Å²) < 4.78 is 5.41. The number of rotatable bonds is 5. The van der Waals surface area contributed by atoms with E-state index in [9.17, 15) is 4.79 Å². The lowest BCUT2D eigenvalue weighted by Crippen LogP contribution is -2.43. The zero-order valence-electron chi connectivity index (χ0n) is 13.9. The Kier molecular flexibility index (Phi) is 5.83. The molecule has 6 nitrogen and oxygen atoms in total. The van der Waals surface area contributed by atoms with E-state index < -0.39 is 5.60 Å². The van der Waals surface area contributed by atoms with Gasteiger partial charge in [-0.25, -0.2) is 9.78 Å².